The summed E-state index contributed by atoms with van der Waals surface area (Å²) < 4.78 is 5.13. The first-order chi connectivity index (χ1) is 7.77. The van der Waals surface area contributed by atoms with Crippen molar-refractivity contribution in [2.24, 2.45) is 0 Å². The number of ketones is 1. The minimum Gasteiger partial charge on any atom is -0.461 e. The van der Waals surface area contributed by atoms with Crippen LogP contribution in [0.1, 0.15) is 33.0 Å². The molecule has 3 rings (SSSR count). The summed E-state index contributed by atoms with van der Waals surface area (Å²) in [5.41, 5.74) is 7.73. The molecule has 0 fully saturated rings. The summed E-state index contributed by atoms with van der Waals surface area (Å²) in [7, 11) is 0. The van der Waals surface area contributed by atoms with E-state index in [1.165, 1.54) is 11.1 Å². The zero-order chi connectivity index (χ0) is 11.1. The van der Waals surface area contributed by atoms with Crippen LogP contribution in [0.5, 0.6) is 0 Å². The van der Waals surface area contributed by atoms with Gasteiger partial charge in [0.15, 0.2) is 5.76 Å². The Balaban J connectivity index is 2.10. The lowest BCUT2D eigenvalue weighted by molar-refractivity contribution is 0.101. The van der Waals surface area contributed by atoms with Crippen LogP contribution in [0.2, 0.25) is 0 Å². The number of carbonyl (C=O) groups excluding carboxylic acids is 1. The average Bonchev–Trinajstić information content (AvgIpc) is 2.89. The smallest absolute Gasteiger partial charge is 0.231 e. The highest BCUT2D eigenvalue weighted by Crippen LogP contribution is 2.38. The van der Waals surface area contributed by atoms with Crippen molar-refractivity contribution >= 4 is 22.1 Å². The maximum absolute atomic E-state index is 12.2. The van der Waals surface area contributed by atoms with Gasteiger partial charge >= 0.3 is 0 Å². The number of hydrogen-bond donors (Lipinski definition) is 1. The fraction of sp³-hybridized carbons (Fsp3) is 0.250. The van der Waals surface area contributed by atoms with Gasteiger partial charge < -0.3 is 10.2 Å². The quantitative estimate of drug-likeness (QED) is 0.811. The topological polar surface area (TPSA) is 56.2 Å². The first kappa shape index (κ1) is 9.66. The number of nitrogens with two attached hydrogens (primary N) is 1. The molecule has 0 unspecified atom stereocenters. The van der Waals surface area contributed by atoms with Gasteiger partial charge in [-0.3, -0.25) is 4.79 Å². The van der Waals surface area contributed by atoms with Gasteiger partial charge in [-0.15, -0.1) is 11.3 Å². The molecule has 0 radical (unpaired) electrons. The van der Waals surface area contributed by atoms with E-state index in [-0.39, 0.29) is 5.78 Å². The maximum atomic E-state index is 12.2. The van der Waals surface area contributed by atoms with Crippen LogP contribution >= 0.6 is 11.3 Å². The Hall–Kier alpha value is -1.55. The molecule has 4 heteroatoms. The number of hydrogen-bond acceptors (Lipinski definition) is 4. The van der Waals surface area contributed by atoms with Crippen LogP contribution in [0, 0.1) is 0 Å². The van der Waals surface area contributed by atoms with Gasteiger partial charge in [-0.25, -0.2) is 0 Å². The fourth-order valence-corrected chi connectivity index (χ4v) is 3.36. The van der Waals surface area contributed by atoms with Gasteiger partial charge in [-0.2, -0.15) is 0 Å². The summed E-state index contributed by atoms with van der Waals surface area (Å²) in [5, 5.41) is 0.631. The van der Waals surface area contributed by atoms with E-state index in [1.54, 1.807) is 23.5 Å². The molecule has 82 valence electrons. The molecule has 1 aliphatic rings. The van der Waals surface area contributed by atoms with Gasteiger partial charge in [0.25, 0.3) is 0 Å². The Morgan fingerprint density at radius 3 is 3.06 bits per heavy atom. The lowest BCUT2D eigenvalue weighted by atomic mass is 10.1. The zero-order valence-corrected chi connectivity index (χ0v) is 9.47. The van der Waals surface area contributed by atoms with Crippen molar-refractivity contribution in [1.29, 1.82) is 0 Å². The summed E-state index contributed by atoms with van der Waals surface area (Å²) in [5.74, 6) is 0.293. The van der Waals surface area contributed by atoms with E-state index in [0.717, 1.165) is 24.8 Å². The molecule has 1 aliphatic carbocycles. The standard InChI is InChI=1S/C12H11NO2S/c13-12-10(7-3-1-5-9(7)16-12)11(14)8-4-2-6-15-8/h2,4,6H,1,3,5,13H2. The first-order valence-electron chi connectivity index (χ1n) is 5.25. The Morgan fingerprint density at radius 2 is 2.31 bits per heavy atom. The number of nitrogen functional groups attached to an aromatic ring is 1. The van der Waals surface area contributed by atoms with Crippen molar-refractivity contribution in [1.82, 2.24) is 0 Å². The van der Waals surface area contributed by atoms with Crippen LogP contribution in [0.4, 0.5) is 5.00 Å². The second-order valence-electron chi connectivity index (χ2n) is 3.90. The second kappa shape index (κ2) is 3.49. The highest BCUT2D eigenvalue weighted by Gasteiger charge is 2.26. The Labute approximate surface area is 96.9 Å². The van der Waals surface area contributed by atoms with Crippen molar-refractivity contribution < 1.29 is 9.21 Å². The summed E-state index contributed by atoms with van der Waals surface area (Å²) >= 11 is 1.54. The van der Waals surface area contributed by atoms with Crippen LogP contribution in [0.25, 0.3) is 0 Å². The number of rotatable bonds is 2. The minimum atomic E-state index is -0.0816. The number of anilines is 1. The largest absolute Gasteiger partial charge is 0.461 e. The van der Waals surface area contributed by atoms with Crippen molar-refractivity contribution in [3.05, 3.63) is 40.2 Å². The molecule has 0 saturated carbocycles. The number of furan rings is 1. The van der Waals surface area contributed by atoms with Gasteiger partial charge in [0.2, 0.25) is 5.78 Å². The fourth-order valence-electron chi connectivity index (χ4n) is 2.21. The van der Waals surface area contributed by atoms with E-state index in [0.29, 0.717) is 16.3 Å². The van der Waals surface area contributed by atoms with Gasteiger partial charge in [0.05, 0.1) is 16.8 Å². The molecule has 2 N–H and O–H groups in total. The summed E-state index contributed by atoms with van der Waals surface area (Å²) in [4.78, 5) is 13.5. The van der Waals surface area contributed by atoms with E-state index < -0.39 is 0 Å². The average molecular weight is 233 g/mol. The highest BCUT2D eigenvalue weighted by molar-refractivity contribution is 7.16. The van der Waals surface area contributed by atoms with E-state index in [2.05, 4.69) is 0 Å². The molecular weight excluding hydrogens is 222 g/mol. The monoisotopic (exact) mass is 233 g/mol. The molecule has 2 aromatic rings. The van der Waals surface area contributed by atoms with Gasteiger partial charge in [-0.05, 0) is 37.0 Å². The highest BCUT2D eigenvalue weighted by atomic mass is 32.1. The predicted molar refractivity (Wildman–Crippen MR) is 62.9 cm³/mol. The summed E-state index contributed by atoms with van der Waals surface area (Å²) in [6.45, 7) is 0. The molecule has 2 aromatic heterocycles. The van der Waals surface area contributed by atoms with Crippen LogP contribution < -0.4 is 5.73 Å². The van der Waals surface area contributed by atoms with Gasteiger partial charge in [0, 0.05) is 4.88 Å². The van der Waals surface area contributed by atoms with Crippen LogP contribution in [-0.4, -0.2) is 5.78 Å². The van der Waals surface area contributed by atoms with E-state index >= 15 is 0 Å². The lowest BCUT2D eigenvalue weighted by Gasteiger charge is -1.99. The third kappa shape index (κ3) is 1.30. The first-order valence-corrected chi connectivity index (χ1v) is 6.07. The molecular formula is C12H11NO2S. The SMILES string of the molecule is Nc1sc2c(c1C(=O)c1ccco1)CCC2. The molecule has 3 nitrogen and oxygen atoms in total. The van der Waals surface area contributed by atoms with Gasteiger partial charge in [-0.1, -0.05) is 0 Å². The van der Waals surface area contributed by atoms with Crippen molar-refractivity contribution in [3.63, 3.8) is 0 Å². The summed E-state index contributed by atoms with van der Waals surface area (Å²) in [6, 6.07) is 3.40. The zero-order valence-electron chi connectivity index (χ0n) is 8.66. The van der Waals surface area contributed by atoms with Crippen molar-refractivity contribution in [2.75, 3.05) is 5.73 Å². The Bertz CT molecular complexity index is 540. The number of aryl methyl sites for hydroxylation is 1. The van der Waals surface area contributed by atoms with Crippen molar-refractivity contribution in [3.8, 4) is 0 Å². The third-order valence-corrected chi connectivity index (χ3v) is 4.04. The molecule has 0 spiro atoms. The van der Waals surface area contributed by atoms with Crippen LogP contribution in [0.3, 0.4) is 0 Å². The molecule has 2 heterocycles. The van der Waals surface area contributed by atoms with Crippen molar-refractivity contribution in [2.45, 2.75) is 19.3 Å². The lowest BCUT2D eigenvalue weighted by Crippen LogP contribution is -2.04. The Morgan fingerprint density at radius 1 is 1.44 bits per heavy atom. The second-order valence-corrected chi connectivity index (χ2v) is 5.04. The molecule has 0 aliphatic heterocycles. The molecule has 16 heavy (non-hydrogen) atoms. The van der Waals surface area contributed by atoms with E-state index in [4.69, 9.17) is 10.2 Å². The van der Waals surface area contributed by atoms with Crippen LogP contribution in [-0.2, 0) is 12.8 Å². The van der Waals surface area contributed by atoms with Crippen LogP contribution in [0.15, 0.2) is 22.8 Å². The predicted octanol–water partition coefficient (Wildman–Crippen LogP) is 2.64. The molecule has 0 saturated heterocycles. The third-order valence-electron chi connectivity index (χ3n) is 2.92. The minimum absolute atomic E-state index is 0.0816. The molecule has 0 amide bonds. The van der Waals surface area contributed by atoms with Gasteiger partial charge in [0.1, 0.15) is 0 Å². The molecule has 0 aromatic carbocycles. The summed E-state index contributed by atoms with van der Waals surface area (Å²) in [6.07, 6.45) is 4.65. The number of fused-ring (bicyclic) bond motifs is 1. The molecule has 0 atom stereocenters. The normalized spacial score (nSPS) is 14.0. The molecule has 0 bridgehead atoms. The Kier molecular flexibility index (Phi) is 2.11. The number of thiophene rings is 1. The maximum Gasteiger partial charge on any atom is 0.231 e. The number of carbonyl (C=O) groups is 1. The van der Waals surface area contributed by atoms with E-state index in [1.807, 2.05) is 0 Å². The van der Waals surface area contributed by atoms with E-state index in [9.17, 15) is 4.79 Å².